The molecule has 4 aromatic rings. The van der Waals surface area contributed by atoms with E-state index < -0.39 is 17.8 Å². The molecule has 0 radical (unpaired) electrons. The van der Waals surface area contributed by atoms with Crippen LogP contribution in [-0.2, 0) is 6.18 Å². The molecule has 2 aromatic carbocycles. The van der Waals surface area contributed by atoms with Crippen molar-refractivity contribution in [3.05, 3.63) is 59.8 Å². The van der Waals surface area contributed by atoms with Crippen LogP contribution in [0.3, 0.4) is 0 Å². The molecule has 168 valence electrons. The molecule has 10 heteroatoms. The van der Waals surface area contributed by atoms with Crippen LogP contribution in [0, 0.1) is 0 Å². The van der Waals surface area contributed by atoms with Crippen molar-refractivity contribution < 1.29 is 22.4 Å². The zero-order valence-electron chi connectivity index (χ0n) is 17.0. The van der Waals surface area contributed by atoms with E-state index in [2.05, 4.69) is 15.5 Å². The van der Waals surface area contributed by atoms with Gasteiger partial charge in [0.1, 0.15) is 5.75 Å². The van der Waals surface area contributed by atoms with Crippen LogP contribution in [-0.4, -0.2) is 36.9 Å². The smallest absolute Gasteiger partial charge is 0.417 e. The van der Waals surface area contributed by atoms with Crippen LogP contribution in [0.15, 0.2) is 53.1 Å². The predicted molar refractivity (Wildman–Crippen MR) is 118 cm³/mol. The van der Waals surface area contributed by atoms with Crippen LogP contribution in [0.4, 0.5) is 19.0 Å². The summed E-state index contributed by atoms with van der Waals surface area (Å²) in [5.74, 6) is 1.21. The zero-order valence-corrected chi connectivity index (χ0v) is 17.8. The second-order valence-electron chi connectivity index (χ2n) is 7.39. The van der Waals surface area contributed by atoms with Crippen molar-refractivity contribution in [3.8, 4) is 5.75 Å². The van der Waals surface area contributed by atoms with Gasteiger partial charge >= 0.3 is 6.18 Å². The fourth-order valence-electron chi connectivity index (χ4n) is 4.06. The molecule has 1 atom stereocenters. The van der Waals surface area contributed by atoms with Gasteiger partial charge in [0.05, 0.1) is 35.3 Å². The molecule has 5 rings (SSSR count). The number of anilines is 1. The van der Waals surface area contributed by atoms with E-state index in [-0.39, 0.29) is 17.8 Å². The number of aromatic nitrogens is 2. The fourth-order valence-corrected chi connectivity index (χ4v) is 4.06. The number of nitrogens with zero attached hydrogens (tertiary/aromatic N) is 3. The van der Waals surface area contributed by atoms with Gasteiger partial charge in [-0.1, -0.05) is 23.4 Å². The van der Waals surface area contributed by atoms with Crippen molar-refractivity contribution in [1.29, 1.82) is 0 Å². The normalized spacial score (nSPS) is 16.9. The largest absolute Gasteiger partial charge is 0.497 e. The Kier molecular flexibility index (Phi) is 5.87. The number of para-hydroxylation sites is 1. The highest BCUT2D eigenvalue weighted by atomic mass is 35.5. The summed E-state index contributed by atoms with van der Waals surface area (Å²) in [5.41, 5.74) is 0.512. The fraction of sp³-hybridized carbons (Fsp3) is 0.273. The van der Waals surface area contributed by atoms with E-state index in [0.717, 1.165) is 11.5 Å². The maximum absolute atomic E-state index is 13.8. The quantitative estimate of drug-likeness (QED) is 0.461. The van der Waals surface area contributed by atoms with Crippen LogP contribution >= 0.6 is 12.4 Å². The summed E-state index contributed by atoms with van der Waals surface area (Å²) >= 11 is 0. The zero-order chi connectivity index (χ0) is 21.6. The van der Waals surface area contributed by atoms with Gasteiger partial charge in [-0.3, -0.25) is 4.98 Å². The molecule has 3 heterocycles. The third-order valence-corrected chi connectivity index (χ3v) is 5.56. The molecule has 1 unspecified atom stereocenters. The monoisotopic (exact) mass is 464 g/mol. The maximum atomic E-state index is 13.8. The lowest BCUT2D eigenvalue weighted by Crippen LogP contribution is -2.46. The van der Waals surface area contributed by atoms with Crippen molar-refractivity contribution >= 4 is 40.1 Å². The number of piperazine rings is 1. The number of fused-ring (bicyclic) bond motifs is 2. The van der Waals surface area contributed by atoms with Gasteiger partial charge in [-0.15, -0.1) is 12.4 Å². The molecule has 1 saturated heterocycles. The van der Waals surface area contributed by atoms with Crippen LogP contribution in [0.1, 0.15) is 17.3 Å². The standard InChI is InChI=1S/C22H19F3N4O2.ClH/c1-30-13-6-7-15-20(10-13)31-28-21(15)29-9-8-26-12-19(29)18-11-16(22(23,24)25)14-4-2-3-5-17(14)27-18;/h2-7,10-11,19,26H,8-9,12H2,1H3;1H. The molecule has 1 N–H and O–H groups in total. The molecule has 1 aliphatic heterocycles. The summed E-state index contributed by atoms with van der Waals surface area (Å²) in [4.78, 5) is 6.53. The molecule has 1 aliphatic rings. The number of halogens is 4. The van der Waals surface area contributed by atoms with Crippen molar-refractivity contribution in [1.82, 2.24) is 15.5 Å². The molecule has 6 nitrogen and oxygen atoms in total. The number of hydrogen-bond donors (Lipinski definition) is 1. The minimum absolute atomic E-state index is 0. The van der Waals surface area contributed by atoms with Crippen molar-refractivity contribution in [2.45, 2.75) is 12.2 Å². The number of rotatable bonds is 3. The summed E-state index contributed by atoms with van der Waals surface area (Å²) in [5, 5.41) is 8.34. The van der Waals surface area contributed by atoms with Gasteiger partial charge in [0.25, 0.3) is 0 Å². The number of hydrogen-bond acceptors (Lipinski definition) is 6. The summed E-state index contributed by atoms with van der Waals surface area (Å²) < 4.78 is 52.2. The van der Waals surface area contributed by atoms with Crippen molar-refractivity contribution in [3.63, 3.8) is 0 Å². The van der Waals surface area contributed by atoms with E-state index in [9.17, 15) is 13.2 Å². The average molecular weight is 465 g/mol. The number of alkyl halides is 3. The molecule has 0 amide bonds. The summed E-state index contributed by atoms with van der Waals surface area (Å²) in [7, 11) is 1.56. The first kappa shape index (κ1) is 22.2. The summed E-state index contributed by atoms with van der Waals surface area (Å²) in [6, 6.07) is 12.4. The van der Waals surface area contributed by atoms with E-state index in [4.69, 9.17) is 9.26 Å². The van der Waals surface area contributed by atoms with E-state index in [0.29, 0.717) is 48.0 Å². The molecule has 32 heavy (non-hydrogen) atoms. The lowest BCUT2D eigenvalue weighted by molar-refractivity contribution is -0.136. The maximum Gasteiger partial charge on any atom is 0.417 e. The predicted octanol–water partition coefficient (Wildman–Crippen LogP) is 4.98. The molecule has 0 saturated carbocycles. The molecule has 1 fully saturated rings. The summed E-state index contributed by atoms with van der Waals surface area (Å²) in [6.07, 6.45) is -4.48. The highest BCUT2D eigenvalue weighted by Crippen LogP contribution is 2.38. The van der Waals surface area contributed by atoms with Gasteiger partial charge in [0.2, 0.25) is 0 Å². The lowest BCUT2D eigenvalue weighted by atomic mass is 10.0. The van der Waals surface area contributed by atoms with Gasteiger partial charge in [-0.05, 0) is 24.3 Å². The first-order valence-corrected chi connectivity index (χ1v) is 9.83. The summed E-state index contributed by atoms with van der Waals surface area (Å²) in [6.45, 7) is 1.65. The first-order chi connectivity index (χ1) is 15.0. The molecule has 0 spiro atoms. The van der Waals surface area contributed by atoms with E-state index >= 15 is 0 Å². The minimum atomic E-state index is -4.48. The van der Waals surface area contributed by atoms with Crippen molar-refractivity contribution in [2.24, 2.45) is 0 Å². The Morgan fingerprint density at radius 2 is 1.94 bits per heavy atom. The number of benzene rings is 2. The highest BCUT2D eigenvalue weighted by molar-refractivity contribution is 5.90. The number of nitrogens with one attached hydrogen (secondary N) is 1. The molecule has 0 aliphatic carbocycles. The SMILES string of the molecule is COc1ccc2c(N3CCNCC3c3cc(C(F)(F)F)c4ccccc4n3)noc2c1.Cl. The van der Waals surface area contributed by atoms with Gasteiger partial charge in [-0.25, -0.2) is 0 Å². The third-order valence-electron chi connectivity index (χ3n) is 5.56. The van der Waals surface area contributed by atoms with Gasteiger partial charge in [0, 0.05) is 31.1 Å². The Morgan fingerprint density at radius 3 is 2.72 bits per heavy atom. The van der Waals surface area contributed by atoms with Crippen molar-refractivity contribution in [2.75, 3.05) is 31.6 Å². The topological polar surface area (TPSA) is 63.4 Å². The third kappa shape index (κ3) is 3.82. The van der Waals surface area contributed by atoms with E-state index in [1.54, 1.807) is 37.4 Å². The Morgan fingerprint density at radius 1 is 1.12 bits per heavy atom. The van der Waals surface area contributed by atoms with Crippen LogP contribution in [0.25, 0.3) is 21.9 Å². The number of methoxy groups -OCH3 is 1. The Balaban J connectivity index is 0.00000245. The molecule has 2 aromatic heterocycles. The molecular formula is C22H20ClF3N4O2. The first-order valence-electron chi connectivity index (χ1n) is 9.83. The van der Waals surface area contributed by atoms with Gasteiger partial charge in [0.15, 0.2) is 11.4 Å². The van der Waals surface area contributed by atoms with Gasteiger partial charge < -0.3 is 19.5 Å². The Hall–Kier alpha value is -3.04. The van der Waals surface area contributed by atoms with Crippen LogP contribution in [0.2, 0.25) is 0 Å². The van der Waals surface area contributed by atoms with E-state index in [1.807, 2.05) is 11.0 Å². The van der Waals surface area contributed by atoms with Gasteiger partial charge in [-0.2, -0.15) is 13.2 Å². The average Bonchev–Trinajstić information content (AvgIpc) is 3.20. The minimum Gasteiger partial charge on any atom is -0.497 e. The Labute approximate surface area is 187 Å². The van der Waals surface area contributed by atoms with E-state index in [1.165, 1.54) is 6.07 Å². The molecule has 0 bridgehead atoms. The number of ether oxygens (including phenoxy) is 1. The Bertz CT molecular complexity index is 1260. The second kappa shape index (κ2) is 8.48. The second-order valence-corrected chi connectivity index (χ2v) is 7.39. The number of pyridine rings is 1. The highest BCUT2D eigenvalue weighted by Gasteiger charge is 2.36. The van der Waals surface area contributed by atoms with Crippen LogP contribution < -0.4 is 15.0 Å². The lowest BCUT2D eigenvalue weighted by Gasteiger charge is -2.36. The van der Waals surface area contributed by atoms with Crippen LogP contribution in [0.5, 0.6) is 5.75 Å². The molecular weight excluding hydrogens is 445 g/mol.